The van der Waals surface area contributed by atoms with E-state index >= 15 is 0 Å². The van der Waals surface area contributed by atoms with E-state index in [1.165, 1.54) is 19.2 Å². The lowest BCUT2D eigenvalue weighted by Crippen LogP contribution is -2.40. The van der Waals surface area contributed by atoms with Gasteiger partial charge in [-0.15, -0.1) is 0 Å². The smallest absolute Gasteiger partial charge is 0.269 e. The zero-order valence-electron chi connectivity index (χ0n) is 13.6. The molecule has 0 atom stereocenters. The lowest BCUT2D eigenvalue weighted by molar-refractivity contribution is -0.384. The molecule has 8 heteroatoms. The van der Waals surface area contributed by atoms with Crippen LogP contribution in [0.25, 0.3) is 0 Å². The highest BCUT2D eigenvalue weighted by Gasteiger charge is 2.19. The molecule has 7 nitrogen and oxygen atoms in total. The van der Waals surface area contributed by atoms with Crippen LogP contribution in [0, 0.1) is 10.1 Å². The first kappa shape index (κ1) is 19.0. The Morgan fingerprint density at radius 1 is 1.20 bits per heavy atom. The van der Waals surface area contributed by atoms with Gasteiger partial charge in [-0.1, -0.05) is 17.7 Å². The Labute approximate surface area is 150 Å². The summed E-state index contributed by atoms with van der Waals surface area (Å²) in [6, 6.07) is 10.7. The van der Waals surface area contributed by atoms with Crippen molar-refractivity contribution >= 4 is 23.0 Å². The molecule has 0 saturated heterocycles. The number of halogens is 1. The number of anilines is 1. The van der Waals surface area contributed by atoms with Crippen LogP contribution in [-0.4, -0.2) is 41.5 Å². The van der Waals surface area contributed by atoms with E-state index in [-0.39, 0.29) is 18.9 Å². The molecule has 2 aromatic carbocycles. The van der Waals surface area contributed by atoms with E-state index in [9.17, 15) is 20.3 Å². The zero-order valence-corrected chi connectivity index (χ0v) is 14.4. The molecule has 134 valence electrons. The first-order valence-corrected chi connectivity index (χ1v) is 7.93. The number of ether oxygens (including phenoxy) is 1. The molecule has 2 aromatic rings. The number of rotatable bonds is 8. The van der Waals surface area contributed by atoms with Crippen molar-refractivity contribution in [3.63, 3.8) is 0 Å². The molecule has 0 fully saturated rings. The number of hydrogen-bond acceptors (Lipinski definition) is 6. The number of aliphatic hydroxyl groups is 2. The van der Waals surface area contributed by atoms with Crippen LogP contribution in [0.4, 0.5) is 11.4 Å². The molecule has 0 heterocycles. The molecule has 0 radical (unpaired) electrons. The maximum absolute atomic E-state index is 10.8. The SMILES string of the molecule is COc1ccc(CN(c2ccc([N+](=O)[O-])cc2)C(CO)CO)cc1Cl. The van der Waals surface area contributed by atoms with Crippen molar-refractivity contribution in [2.45, 2.75) is 12.6 Å². The second-order valence-electron chi connectivity index (χ2n) is 5.39. The Bertz CT molecular complexity index is 719. The predicted octanol–water partition coefficient (Wildman–Crippen LogP) is 2.62. The summed E-state index contributed by atoms with van der Waals surface area (Å²) in [6.07, 6.45) is 0. The van der Waals surface area contributed by atoms with Gasteiger partial charge in [0, 0.05) is 24.4 Å². The Morgan fingerprint density at radius 2 is 1.84 bits per heavy atom. The third-order valence-electron chi connectivity index (χ3n) is 3.82. The van der Waals surface area contributed by atoms with Gasteiger partial charge in [-0.2, -0.15) is 0 Å². The van der Waals surface area contributed by atoms with Gasteiger partial charge >= 0.3 is 0 Å². The van der Waals surface area contributed by atoms with E-state index in [4.69, 9.17) is 16.3 Å². The number of non-ortho nitro benzene ring substituents is 1. The van der Waals surface area contributed by atoms with Crippen LogP contribution in [-0.2, 0) is 6.54 Å². The number of benzene rings is 2. The van der Waals surface area contributed by atoms with Gasteiger partial charge in [0.25, 0.3) is 5.69 Å². The van der Waals surface area contributed by atoms with Crippen molar-refractivity contribution in [3.05, 3.63) is 63.2 Å². The molecular weight excluding hydrogens is 348 g/mol. The lowest BCUT2D eigenvalue weighted by atomic mass is 10.1. The molecule has 0 aliphatic rings. The third-order valence-corrected chi connectivity index (χ3v) is 4.12. The number of nitro benzene ring substituents is 1. The summed E-state index contributed by atoms with van der Waals surface area (Å²) in [5.41, 5.74) is 1.46. The van der Waals surface area contributed by atoms with Crippen LogP contribution in [0.5, 0.6) is 5.75 Å². The maximum Gasteiger partial charge on any atom is 0.269 e. The van der Waals surface area contributed by atoms with Gasteiger partial charge in [0.1, 0.15) is 5.75 Å². The number of hydrogen-bond donors (Lipinski definition) is 2. The van der Waals surface area contributed by atoms with Gasteiger partial charge in [0.05, 0.1) is 36.3 Å². The molecule has 2 rings (SSSR count). The average molecular weight is 367 g/mol. The summed E-state index contributed by atoms with van der Waals surface area (Å²) in [5.74, 6) is 0.549. The second kappa shape index (κ2) is 8.66. The zero-order chi connectivity index (χ0) is 18.4. The van der Waals surface area contributed by atoms with E-state index < -0.39 is 11.0 Å². The normalized spacial score (nSPS) is 10.8. The topological polar surface area (TPSA) is 96.1 Å². The van der Waals surface area contributed by atoms with Gasteiger partial charge in [-0.3, -0.25) is 10.1 Å². The first-order chi connectivity index (χ1) is 12.0. The minimum absolute atomic E-state index is 0.0271. The lowest BCUT2D eigenvalue weighted by Gasteiger charge is -2.31. The van der Waals surface area contributed by atoms with Crippen molar-refractivity contribution in [2.24, 2.45) is 0 Å². The number of nitro groups is 1. The van der Waals surface area contributed by atoms with Crippen molar-refractivity contribution in [1.82, 2.24) is 0 Å². The quantitative estimate of drug-likeness (QED) is 0.550. The van der Waals surface area contributed by atoms with Crippen LogP contribution in [0.1, 0.15) is 5.56 Å². The molecular formula is C17H19ClN2O5. The van der Waals surface area contributed by atoms with E-state index in [0.717, 1.165) is 5.56 Å². The first-order valence-electron chi connectivity index (χ1n) is 7.55. The van der Waals surface area contributed by atoms with Crippen molar-refractivity contribution < 1.29 is 19.9 Å². The van der Waals surface area contributed by atoms with Crippen molar-refractivity contribution in [3.8, 4) is 5.75 Å². The van der Waals surface area contributed by atoms with Crippen LogP contribution >= 0.6 is 11.6 Å². The summed E-state index contributed by atoms with van der Waals surface area (Å²) in [4.78, 5) is 12.1. The summed E-state index contributed by atoms with van der Waals surface area (Å²) in [6.45, 7) is -0.179. The molecule has 0 aliphatic heterocycles. The molecule has 25 heavy (non-hydrogen) atoms. The van der Waals surface area contributed by atoms with Crippen molar-refractivity contribution in [1.29, 1.82) is 0 Å². The van der Waals surface area contributed by atoms with Crippen LogP contribution in [0.15, 0.2) is 42.5 Å². The minimum Gasteiger partial charge on any atom is -0.495 e. The van der Waals surface area contributed by atoms with Crippen LogP contribution < -0.4 is 9.64 Å². The van der Waals surface area contributed by atoms with E-state index in [2.05, 4.69) is 0 Å². The highest BCUT2D eigenvalue weighted by Crippen LogP contribution is 2.28. The van der Waals surface area contributed by atoms with Crippen LogP contribution in [0.3, 0.4) is 0 Å². The average Bonchev–Trinajstić information content (AvgIpc) is 2.62. The molecule has 2 N–H and O–H groups in total. The van der Waals surface area contributed by atoms with Gasteiger partial charge in [0.15, 0.2) is 0 Å². The van der Waals surface area contributed by atoms with E-state index in [1.54, 1.807) is 29.2 Å². The number of methoxy groups -OCH3 is 1. The van der Waals surface area contributed by atoms with Gasteiger partial charge in [0.2, 0.25) is 0 Å². The monoisotopic (exact) mass is 366 g/mol. The predicted molar refractivity (Wildman–Crippen MR) is 95.2 cm³/mol. The molecule has 0 aliphatic carbocycles. The van der Waals surface area contributed by atoms with Crippen LogP contribution in [0.2, 0.25) is 5.02 Å². The summed E-state index contributed by atoms with van der Waals surface area (Å²) >= 11 is 6.14. The van der Waals surface area contributed by atoms with E-state index in [1.807, 2.05) is 6.07 Å². The molecule has 0 aromatic heterocycles. The Kier molecular flexibility index (Phi) is 6.58. The van der Waals surface area contributed by atoms with E-state index in [0.29, 0.717) is 23.0 Å². The Balaban J connectivity index is 2.32. The van der Waals surface area contributed by atoms with Crippen molar-refractivity contribution in [2.75, 3.05) is 25.2 Å². The highest BCUT2D eigenvalue weighted by atomic mass is 35.5. The van der Waals surface area contributed by atoms with Gasteiger partial charge in [-0.05, 0) is 29.8 Å². The largest absolute Gasteiger partial charge is 0.495 e. The summed E-state index contributed by atoms with van der Waals surface area (Å²) in [5, 5.41) is 30.4. The minimum atomic E-state index is -0.553. The number of nitrogens with zero attached hydrogens (tertiary/aromatic N) is 2. The molecule has 0 bridgehead atoms. The fourth-order valence-electron chi connectivity index (χ4n) is 2.46. The fraction of sp³-hybridized carbons (Fsp3) is 0.294. The Morgan fingerprint density at radius 3 is 2.32 bits per heavy atom. The number of aliphatic hydroxyl groups excluding tert-OH is 2. The highest BCUT2D eigenvalue weighted by molar-refractivity contribution is 6.32. The summed E-state index contributed by atoms with van der Waals surface area (Å²) < 4.78 is 5.13. The summed E-state index contributed by atoms with van der Waals surface area (Å²) in [7, 11) is 1.53. The Hall–Kier alpha value is -2.35. The fourth-order valence-corrected chi connectivity index (χ4v) is 2.74. The molecule has 0 amide bonds. The second-order valence-corrected chi connectivity index (χ2v) is 5.80. The maximum atomic E-state index is 10.8. The molecule has 0 unspecified atom stereocenters. The third kappa shape index (κ3) is 4.60. The standard InChI is InChI=1S/C17H19ClN2O5/c1-25-17-7-2-12(8-16(17)18)9-19(15(10-21)11-22)13-3-5-14(6-4-13)20(23)24/h2-8,15,21-22H,9-11H2,1H3. The van der Waals surface area contributed by atoms with Gasteiger partial charge in [-0.25, -0.2) is 0 Å². The molecule has 0 spiro atoms. The van der Waals surface area contributed by atoms with Gasteiger partial charge < -0.3 is 19.8 Å². The molecule has 0 saturated carbocycles.